The first-order valence-corrected chi connectivity index (χ1v) is 4.92. The first kappa shape index (κ1) is 12.3. The maximum Gasteiger partial charge on any atom is 0.119 e. The van der Waals surface area contributed by atoms with Crippen LogP contribution in [-0.2, 0) is 4.84 Å². The molecule has 0 amide bonds. The minimum atomic E-state index is 0.0375. The van der Waals surface area contributed by atoms with Crippen LogP contribution >= 0.6 is 0 Å². The van der Waals surface area contributed by atoms with Gasteiger partial charge in [0.2, 0.25) is 0 Å². The van der Waals surface area contributed by atoms with E-state index in [0.717, 1.165) is 11.3 Å². The molecule has 0 atom stereocenters. The number of rotatable bonds is 6. The van der Waals surface area contributed by atoms with Gasteiger partial charge in [-0.25, -0.2) is 0 Å². The van der Waals surface area contributed by atoms with Crippen LogP contribution < -0.4 is 4.74 Å². The van der Waals surface area contributed by atoms with E-state index in [1.165, 1.54) is 7.11 Å². The molecule has 86 valence electrons. The minimum Gasteiger partial charge on any atom is -0.490 e. The highest BCUT2D eigenvalue weighted by molar-refractivity contribution is 5.79. The van der Waals surface area contributed by atoms with Crippen molar-refractivity contribution in [2.45, 2.75) is 0 Å². The highest BCUT2D eigenvalue weighted by Crippen LogP contribution is 2.10. The fourth-order valence-corrected chi connectivity index (χ4v) is 1.05. The van der Waals surface area contributed by atoms with Crippen LogP contribution in [0.2, 0.25) is 0 Å². The molecule has 1 rings (SSSR count). The fraction of sp³-hybridized carbons (Fsp3) is 0.250. The van der Waals surface area contributed by atoms with E-state index in [9.17, 15) is 0 Å². The third kappa shape index (κ3) is 4.61. The fourth-order valence-electron chi connectivity index (χ4n) is 1.05. The van der Waals surface area contributed by atoms with Crippen molar-refractivity contribution in [1.82, 2.24) is 0 Å². The molecule has 0 aliphatic rings. The molecule has 0 aliphatic carbocycles. The van der Waals surface area contributed by atoms with Crippen LogP contribution in [0.4, 0.5) is 0 Å². The van der Waals surface area contributed by atoms with E-state index in [0.29, 0.717) is 6.61 Å². The summed E-state index contributed by atoms with van der Waals surface area (Å²) in [4.78, 5) is 4.57. The third-order valence-corrected chi connectivity index (χ3v) is 1.81. The van der Waals surface area contributed by atoms with Crippen LogP contribution in [0, 0.1) is 0 Å². The summed E-state index contributed by atoms with van der Waals surface area (Å²) in [5.41, 5.74) is 0.945. The monoisotopic (exact) mass is 221 g/mol. The molecule has 0 aromatic heterocycles. The van der Waals surface area contributed by atoms with Crippen molar-refractivity contribution in [3.63, 3.8) is 0 Å². The van der Waals surface area contributed by atoms with Gasteiger partial charge >= 0.3 is 0 Å². The van der Waals surface area contributed by atoms with Crippen molar-refractivity contribution in [2.75, 3.05) is 20.3 Å². The van der Waals surface area contributed by atoms with Crippen LogP contribution in [-0.4, -0.2) is 31.6 Å². The molecular weight excluding hydrogens is 206 g/mol. The topological polar surface area (TPSA) is 51.0 Å². The lowest BCUT2D eigenvalue weighted by Gasteiger charge is -2.02. The van der Waals surface area contributed by atoms with Gasteiger partial charge < -0.3 is 14.7 Å². The van der Waals surface area contributed by atoms with Crippen LogP contribution in [0.5, 0.6) is 5.75 Å². The number of hydrogen-bond acceptors (Lipinski definition) is 4. The van der Waals surface area contributed by atoms with Gasteiger partial charge in [0.15, 0.2) is 0 Å². The van der Waals surface area contributed by atoms with Crippen molar-refractivity contribution in [2.24, 2.45) is 5.16 Å². The highest BCUT2D eigenvalue weighted by Gasteiger charge is 1.92. The minimum absolute atomic E-state index is 0.0375. The van der Waals surface area contributed by atoms with Gasteiger partial charge in [0.1, 0.15) is 19.5 Å². The number of nitrogens with zero attached hydrogens (tertiary/aromatic N) is 1. The Morgan fingerprint density at radius 3 is 2.62 bits per heavy atom. The summed E-state index contributed by atoms with van der Waals surface area (Å²) in [6.45, 7) is 0.488. The average molecular weight is 221 g/mol. The Morgan fingerprint density at radius 2 is 2.00 bits per heavy atom. The zero-order chi connectivity index (χ0) is 11.6. The molecule has 0 saturated carbocycles. The van der Waals surface area contributed by atoms with Gasteiger partial charge in [0, 0.05) is 0 Å². The van der Waals surface area contributed by atoms with E-state index in [2.05, 4.69) is 9.99 Å². The Bertz CT molecular complexity index is 344. The predicted octanol–water partition coefficient (Wildman–Crippen LogP) is 1.59. The second kappa shape index (κ2) is 7.48. The van der Waals surface area contributed by atoms with Crippen molar-refractivity contribution in [1.29, 1.82) is 0 Å². The standard InChI is InChI=1S/C12H15NO3/c1-15-13-10-11-4-6-12(7-5-11)16-9-3-2-8-14/h2-7,10,14H,8-9H2,1H3/b3-2+,13-10-. The lowest BCUT2D eigenvalue weighted by molar-refractivity contribution is 0.215. The number of hydrogen-bond donors (Lipinski definition) is 1. The Balaban J connectivity index is 2.45. The van der Waals surface area contributed by atoms with Gasteiger partial charge in [-0.3, -0.25) is 0 Å². The highest BCUT2D eigenvalue weighted by atomic mass is 16.6. The number of aliphatic hydroxyl groups is 1. The lowest BCUT2D eigenvalue weighted by atomic mass is 10.2. The van der Waals surface area contributed by atoms with Crippen molar-refractivity contribution in [3.05, 3.63) is 42.0 Å². The zero-order valence-corrected chi connectivity index (χ0v) is 9.17. The Morgan fingerprint density at radius 1 is 1.25 bits per heavy atom. The molecule has 4 heteroatoms. The summed E-state index contributed by atoms with van der Waals surface area (Å²) in [7, 11) is 1.50. The normalized spacial score (nSPS) is 11.1. The molecule has 1 aromatic rings. The number of oxime groups is 1. The van der Waals surface area contributed by atoms with Crippen LogP contribution in [0.1, 0.15) is 5.56 Å². The molecular formula is C12H15NO3. The van der Waals surface area contributed by atoms with E-state index in [-0.39, 0.29) is 6.61 Å². The van der Waals surface area contributed by atoms with Crippen molar-refractivity contribution < 1.29 is 14.7 Å². The Labute approximate surface area is 94.8 Å². The summed E-state index contributed by atoms with van der Waals surface area (Å²) in [6, 6.07) is 7.47. The third-order valence-electron chi connectivity index (χ3n) is 1.81. The maximum absolute atomic E-state index is 8.51. The maximum atomic E-state index is 8.51. The largest absolute Gasteiger partial charge is 0.490 e. The van der Waals surface area contributed by atoms with E-state index in [4.69, 9.17) is 9.84 Å². The summed E-state index contributed by atoms with van der Waals surface area (Å²) in [6.07, 6.45) is 5.02. The Hall–Kier alpha value is -1.81. The van der Waals surface area contributed by atoms with Crippen LogP contribution in [0.3, 0.4) is 0 Å². The molecule has 1 N–H and O–H groups in total. The van der Waals surface area contributed by atoms with Gasteiger partial charge in [-0.15, -0.1) is 0 Å². The van der Waals surface area contributed by atoms with Gasteiger partial charge in [0.05, 0.1) is 12.8 Å². The van der Waals surface area contributed by atoms with Gasteiger partial charge in [-0.1, -0.05) is 11.2 Å². The Kier molecular flexibility index (Phi) is 5.73. The molecule has 1 aromatic carbocycles. The van der Waals surface area contributed by atoms with E-state index in [1.54, 1.807) is 18.4 Å². The molecule has 0 fully saturated rings. The molecule has 0 heterocycles. The van der Waals surface area contributed by atoms with E-state index >= 15 is 0 Å². The first-order valence-electron chi connectivity index (χ1n) is 4.92. The molecule has 0 aliphatic heterocycles. The van der Waals surface area contributed by atoms with Gasteiger partial charge in [-0.2, -0.15) is 0 Å². The molecule has 0 radical (unpaired) electrons. The van der Waals surface area contributed by atoms with Crippen molar-refractivity contribution >= 4 is 6.21 Å². The summed E-state index contributed by atoms with van der Waals surface area (Å²) in [5, 5.41) is 12.2. The molecule has 4 nitrogen and oxygen atoms in total. The SMILES string of the molecule is CO/N=C\c1ccc(OC/C=C/CO)cc1. The summed E-state index contributed by atoms with van der Waals surface area (Å²) >= 11 is 0. The molecule has 0 bridgehead atoms. The summed E-state index contributed by atoms with van der Waals surface area (Å²) < 4.78 is 5.39. The quantitative estimate of drug-likeness (QED) is 0.451. The molecule has 0 unspecified atom stereocenters. The van der Waals surface area contributed by atoms with Gasteiger partial charge in [0.25, 0.3) is 0 Å². The van der Waals surface area contributed by atoms with Crippen molar-refractivity contribution in [3.8, 4) is 5.75 Å². The van der Waals surface area contributed by atoms with E-state index < -0.39 is 0 Å². The average Bonchev–Trinajstić information content (AvgIpc) is 2.33. The van der Waals surface area contributed by atoms with Crippen LogP contribution in [0.15, 0.2) is 41.6 Å². The molecule has 0 saturated heterocycles. The van der Waals surface area contributed by atoms with Gasteiger partial charge in [-0.05, 0) is 35.9 Å². The van der Waals surface area contributed by atoms with Crippen LogP contribution in [0.25, 0.3) is 0 Å². The second-order valence-corrected chi connectivity index (χ2v) is 2.95. The number of ether oxygens (including phenoxy) is 1. The smallest absolute Gasteiger partial charge is 0.119 e. The number of benzene rings is 1. The molecule has 0 spiro atoms. The zero-order valence-electron chi connectivity index (χ0n) is 9.17. The van der Waals surface area contributed by atoms with E-state index in [1.807, 2.05) is 24.3 Å². The second-order valence-electron chi connectivity index (χ2n) is 2.95. The lowest BCUT2D eigenvalue weighted by Crippen LogP contribution is -1.94. The summed E-state index contributed by atoms with van der Waals surface area (Å²) in [5.74, 6) is 0.775. The predicted molar refractivity (Wildman–Crippen MR) is 62.8 cm³/mol. The number of aliphatic hydroxyl groups excluding tert-OH is 1. The first-order chi connectivity index (χ1) is 7.86. The molecule has 16 heavy (non-hydrogen) atoms.